The summed E-state index contributed by atoms with van der Waals surface area (Å²) in [7, 11) is 0. The number of amides is 1. The average molecular weight is 277 g/mol. The van der Waals surface area contributed by atoms with Gasteiger partial charge in [-0.3, -0.25) is 14.7 Å². The van der Waals surface area contributed by atoms with E-state index in [0.717, 1.165) is 25.6 Å². The molecule has 20 heavy (non-hydrogen) atoms. The molecule has 4 rings (SSSR count). The molecule has 2 bridgehead atoms. The first-order valence-corrected chi connectivity index (χ1v) is 7.24. The number of pyridine rings is 1. The summed E-state index contributed by atoms with van der Waals surface area (Å²) in [6, 6.07) is 2.59. The number of nitrogens with zero attached hydrogens (tertiary/aromatic N) is 3. The number of piperazine rings is 1. The molecule has 0 N–H and O–H groups in total. The summed E-state index contributed by atoms with van der Waals surface area (Å²) in [5.41, 5.74) is 0.142. The van der Waals surface area contributed by atoms with E-state index in [2.05, 4.69) is 23.7 Å². The van der Waals surface area contributed by atoms with Crippen molar-refractivity contribution in [3.05, 3.63) is 29.8 Å². The highest BCUT2D eigenvalue weighted by atomic mass is 19.1. The maximum Gasteiger partial charge on any atom is 0.257 e. The third-order valence-corrected chi connectivity index (χ3v) is 4.50. The molecule has 2 unspecified atom stereocenters. The number of aromatic nitrogens is 1. The fraction of sp³-hybridized carbons (Fsp3) is 0.600. The van der Waals surface area contributed by atoms with Crippen LogP contribution in [0.3, 0.4) is 0 Å². The molecule has 0 saturated carbocycles. The van der Waals surface area contributed by atoms with Gasteiger partial charge in [0.05, 0.1) is 11.8 Å². The van der Waals surface area contributed by atoms with Gasteiger partial charge in [0.25, 0.3) is 5.91 Å². The van der Waals surface area contributed by atoms with Gasteiger partial charge in [-0.1, -0.05) is 0 Å². The van der Waals surface area contributed by atoms with E-state index in [1.54, 1.807) is 0 Å². The van der Waals surface area contributed by atoms with E-state index in [0.29, 0.717) is 18.6 Å². The number of hydrogen-bond acceptors (Lipinski definition) is 3. The summed E-state index contributed by atoms with van der Waals surface area (Å²) in [4.78, 5) is 20.5. The number of piperidine rings is 2. The van der Waals surface area contributed by atoms with Crippen molar-refractivity contribution in [2.45, 2.75) is 44.8 Å². The van der Waals surface area contributed by atoms with Crippen LogP contribution in [0.1, 0.15) is 37.0 Å². The van der Waals surface area contributed by atoms with Gasteiger partial charge in [0.2, 0.25) is 0 Å². The molecule has 3 saturated heterocycles. The van der Waals surface area contributed by atoms with E-state index < -0.39 is 5.82 Å². The van der Waals surface area contributed by atoms with Crippen molar-refractivity contribution in [3.8, 4) is 0 Å². The highest BCUT2D eigenvalue weighted by Gasteiger charge is 2.42. The average Bonchev–Trinajstić information content (AvgIpc) is 2.47. The second-order valence-corrected chi connectivity index (χ2v) is 5.99. The molecule has 5 heteroatoms. The van der Waals surface area contributed by atoms with Crippen molar-refractivity contribution in [1.29, 1.82) is 0 Å². The number of hydrogen-bond donors (Lipinski definition) is 0. The highest BCUT2D eigenvalue weighted by molar-refractivity contribution is 5.94. The molecule has 3 aliphatic rings. The van der Waals surface area contributed by atoms with E-state index in [9.17, 15) is 9.18 Å². The van der Waals surface area contributed by atoms with Crippen molar-refractivity contribution in [3.63, 3.8) is 0 Å². The van der Waals surface area contributed by atoms with Gasteiger partial charge in [0, 0.05) is 37.4 Å². The number of halogens is 1. The van der Waals surface area contributed by atoms with Crippen molar-refractivity contribution >= 4 is 5.91 Å². The number of carbonyl (C=O) groups excluding carboxylic acids is 1. The summed E-state index contributed by atoms with van der Waals surface area (Å²) in [5.74, 6) is -0.720. The number of rotatable bonds is 2. The molecule has 4 heterocycles. The first kappa shape index (κ1) is 13.5. The first-order chi connectivity index (χ1) is 9.58. The number of carbonyl (C=O) groups is 1. The molecular formula is C15H20FN3O. The largest absolute Gasteiger partial charge is 0.333 e. The number of fused-ring (bicyclic) bond motifs is 3. The van der Waals surface area contributed by atoms with Gasteiger partial charge in [0.15, 0.2) is 5.82 Å². The smallest absolute Gasteiger partial charge is 0.257 e. The van der Waals surface area contributed by atoms with Gasteiger partial charge in [-0.25, -0.2) is 4.39 Å². The first-order valence-electron chi connectivity index (χ1n) is 7.24. The van der Waals surface area contributed by atoms with Crippen LogP contribution < -0.4 is 0 Å². The van der Waals surface area contributed by atoms with E-state index in [-0.39, 0.29) is 17.5 Å². The molecule has 4 nitrogen and oxygen atoms in total. The fourth-order valence-electron chi connectivity index (χ4n) is 3.45. The minimum Gasteiger partial charge on any atom is -0.333 e. The highest BCUT2D eigenvalue weighted by Crippen LogP contribution is 2.31. The molecule has 2 atom stereocenters. The Balaban J connectivity index is 1.80. The molecule has 108 valence electrons. The Morgan fingerprint density at radius 3 is 2.70 bits per heavy atom. The van der Waals surface area contributed by atoms with Gasteiger partial charge in [0.1, 0.15) is 0 Å². The summed E-state index contributed by atoms with van der Waals surface area (Å²) < 4.78 is 13.7. The normalized spacial score (nSPS) is 26.3. The standard InChI is InChI=1S/C15H20FN3O/c1-10(2)18-8-12-4-3-11(18)9-19(12)15(20)13-5-6-17-7-14(13)16/h5-7,10-12H,3-4,8-9H2,1-2H3. The van der Waals surface area contributed by atoms with Gasteiger partial charge in [-0.2, -0.15) is 0 Å². The van der Waals surface area contributed by atoms with Crippen LogP contribution in [-0.4, -0.2) is 51.9 Å². The Morgan fingerprint density at radius 2 is 2.10 bits per heavy atom. The quantitative estimate of drug-likeness (QED) is 0.828. The van der Waals surface area contributed by atoms with Crippen molar-refractivity contribution < 1.29 is 9.18 Å². The lowest BCUT2D eigenvalue weighted by molar-refractivity contribution is -0.0254. The van der Waals surface area contributed by atoms with Crippen molar-refractivity contribution in [2.24, 2.45) is 0 Å². The predicted molar refractivity (Wildman–Crippen MR) is 73.9 cm³/mol. The Morgan fingerprint density at radius 1 is 1.35 bits per heavy atom. The summed E-state index contributed by atoms with van der Waals surface area (Å²) >= 11 is 0. The molecule has 0 aromatic carbocycles. The molecule has 1 aromatic rings. The van der Waals surface area contributed by atoms with Crippen LogP contribution in [0.25, 0.3) is 0 Å². The summed E-state index contributed by atoms with van der Waals surface area (Å²) in [5, 5.41) is 0. The lowest BCUT2D eigenvalue weighted by atomic mass is 9.89. The summed E-state index contributed by atoms with van der Waals surface area (Å²) in [6.07, 6.45) is 4.73. The third-order valence-electron chi connectivity index (χ3n) is 4.50. The predicted octanol–water partition coefficient (Wildman–Crippen LogP) is 1.92. The van der Waals surface area contributed by atoms with Gasteiger partial charge in [-0.05, 0) is 32.8 Å². The minimum absolute atomic E-state index is 0.142. The summed E-state index contributed by atoms with van der Waals surface area (Å²) in [6.45, 7) is 6.00. The van der Waals surface area contributed by atoms with Crippen LogP contribution in [0.2, 0.25) is 0 Å². The van der Waals surface area contributed by atoms with E-state index in [1.807, 2.05) is 4.90 Å². The maximum absolute atomic E-state index is 13.7. The molecule has 0 aliphatic carbocycles. The Kier molecular flexibility index (Phi) is 3.46. The Labute approximate surface area is 118 Å². The molecule has 1 amide bonds. The van der Waals surface area contributed by atoms with Gasteiger partial charge >= 0.3 is 0 Å². The van der Waals surface area contributed by atoms with Crippen molar-refractivity contribution in [2.75, 3.05) is 13.1 Å². The van der Waals surface area contributed by atoms with Gasteiger partial charge in [-0.15, -0.1) is 0 Å². The fourth-order valence-corrected chi connectivity index (χ4v) is 3.45. The van der Waals surface area contributed by atoms with Crippen LogP contribution in [0.15, 0.2) is 18.5 Å². The van der Waals surface area contributed by atoms with Crippen LogP contribution >= 0.6 is 0 Å². The lowest BCUT2D eigenvalue weighted by Crippen LogP contribution is -2.65. The third kappa shape index (κ3) is 2.20. The van der Waals surface area contributed by atoms with Crippen molar-refractivity contribution in [1.82, 2.24) is 14.8 Å². The second-order valence-electron chi connectivity index (χ2n) is 5.99. The lowest BCUT2D eigenvalue weighted by Gasteiger charge is -2.53. The topological polar surface area (TPSA) is 36.4 Å². The molecule has 3 fully saturated rings. The molecular weight excluding hydrogens is 257 g/mol. The van der Waals surface area contributed by atoms with E-state index >= 15 is 0 Å². The van der Waals surface area contributed by atoms with Crippen LogP contribution in [0, 0.1) is 5.82 Å². The zero-order valence-corrected chi connectivity index (χ0v) is 11.9. The molecule has 0 spiro atoms. The molecule has 3 aliphatic heterocycles. The maximum atomic E-state index is 13.7. The van der Waals surface area contributed by atoms with Crippen LogP contribution in [0.4, 0.5) is 4.39 Å². The SMILES string of the molecule is CC(C)N1CC2CCC1CN2C(=O)c1ccncc1F. The Hall–Kier alpha value is -1.49. The molecule has 1 aromatic heterocycles. The van der Waals surface area contributed by atoms with E-state index in [4.69, 9.17) is 0 Å². The van der Waals surface area contributed by atoms with Crippen LogP contribution in [0.5, 0.6) is 0 Å². The minimum atomic E-state index is -0.528. The monoisotopic (exact) mass is 277 g/mol. The second kappa shape index (κ2) is 5.13. The van der Waals surface area contributed by atoms with Crippen LogP contribution in [-0.2, 0) is 0 Å². The zero-order chi connectivity index (χ0) is 14.3. The molecule has 0 radical (unpaired) electrons. The van der Waals surface area contributed by atoms with E-state index in [1.165, 1.54) is 12.3 Å². The zero-order valence-electron chi connectivity index (χ0n) is 11.9. The van der Waals surface area contributed by atoms with Gasteiger partial charge < -0.3 is 4.90 Å². The Bertz CT molecular complexity index is 520.